The molecule has 0 aromatic carbocycles. The van der Waals surface area contributed by atoms with Gasteiger partial charge in [0.1, 0.15) is 9.71 Å². The van der Waals surface area contributed by atoms with Gasteiger partial charge in [-0.25, -0.2) is 14.8 Å². The molecule has 0 spiro atoms. The number of hydrogen-bond acceptors (Lipinski definition) is 9. The molecule has 2 aromatic heterocycles. The molecule has 24 heavy (non-hydrogen) atoms. The fourth-order valence-corrected chi connectivity index (χ4v) is 3.45. The molecule has 2 aromatic rings. The van der Waals surface area contributed by atoms with Crippen molar-refractivity contribution in [1.29, 1.82) is 0 Å². The predicted octanol–water partition coefficient (Wildman–Crippen LogP) is 1.19. The van der Waals surface area contributed by atoms with E-state index >= 15 is 0 Å². The van der Waals surface area contributed by atoms with E-state index in [1.54, 1.807) is 13.1 Å². The van der Waals surface area contributed by atoms with E-state index in [1.807, 2.05) is 0 Å². The highest BCUT2D eigenvalue weighted by Gasteiger charge is 2.19. The van der Waals surface area contributed by atoms with Gasteiger partial charge in [-0.3, -0.25) is 4.90 Å². The van der Waals surface area contributed by atoms with Crippen LogP contribution in [0.25, 0.3) is 10.2 Å². The summed E-state index contributed by atoms with van der Waals surface area (Å²) in [5.41, 5.74) is 6.39. The highest BCUT2D eigenvalue weighted by molar-refractivity contribution is 7.21. The van der Waals surface area contributed by atoms with Crippen LogP contribution < -0.4 is 11.1 Å². The number of ether oxygens (including phenoxy) is 2. The van der Waals surface area contributed by atoms with E-state index in [0.29, 0.717) is 33.3 Å². The Labute approximate surface area is 144 Å². The normalized spacial score (nSPS) is 15.5. The molecule has 1 aliphatic heterocycles. The summed E-state index contributed by atoms with van der Waals surface area (Å²) in [5, 5.41) is 3.89. The summed E-state index contributed by atoms with van der Waals surface area (Å²) >= 11 is 1.23. The Kier molecular flexibility index (Phi) is 5.44. The Hall–Kier alpha value is -1.97. The molecule has 0 aliphatic carbocycles. The minimum absolute atomic E-state index is 0.312. The topological polar surface area (TPSA) is 103 Å². The van der Waals surface area contributed by atoms with Crippen molar-refractivity contribution in [1.82, 2.24) is 14.9 Å². The lowest BCUT2D eigenvalue weighted by atomic mass is 10.3. The number of hydrogen-bond donors (Lipinski definition) is 2. The van der Waals surface area contributed by atoms with E-state index in [2.05, 4.69) is 20.2 Å². The molecule has 130 valence electrons. The number of carbonyl (C=O) groups excluding carboxylic acids is 1. The maximum atomic E-state index is 11.9. The van der Waals surface area contributed by atoms with Crippen molar-refractivity contribution in [3.63, 3.8) is 0 Å². The zero-order valence-electron chi connectivity index (χ0n) is 13.6. The van der Waals surface area contributed by atoms with Crippen molar-refractivity contribution >= 4 is 39.2 Å². The van der Waals surface area contributed by atoms with Gasteiger partial charge in [0.25, 0.3) is 0 Å². The molecule has 0 radical (unpaired) electrons. The van der Waals surface area contributed by atoms with E-state index < -0.39 is 5.97 Å². The van der Waals surface area contributed by atoms with Gasteiger partial charge in [0.15, 0.2) is 0 Å². The number of nitrogens with two attached hydrogens (primary N) is 1. The standard InChI is InChI=1S/C15H21N5O3S/c1-2-23-14(21)12-11(16)10-9-18-15(19-13(10)24-12)17-3-4-20-5-7-22-8-6-20/h9H,2-8,16H2,1H3,(H,17,18,19). The number of aromatic nitrogens is 2. The fraction of sp³-hybridized carbons (Fsp3) is 0.533. The highest BCUT2D eigenvalue weighted by Crippen LogP contribution is 2.32. The summed E-state index contributed by atoms with van der Waals surface area (Å²) in [6, 6.07) is 0. The van der Waals surface area contributed by atoms with Gasteiger partial charge in [0, 0.05) is 32.4 Å². The molecule has 1 saturated heterocycles. The molecular formula is C15H21N5O3S. The molecule has 9 heteroatoms. The third kappa shape index (κ3) is 3.74. The molecular weight excluding hydrogens is 330 g/mol. The van der Waals surface area contributed by atoms with Crippen molar-refractivity contribution in [2.24, 2.45) is 0 Å². The fourth-order valence-electron chi connectivity index (χ4n) is 2.49. The number of nitrogens with zero attached hydrogens (tertiary/aromatic N) is 3. The van der Waals surface area contributed by atoms with Crippen molar-refractivity contribution in [3.8, 4) is 0 Å². The third-order valence-electron chi connectivity index (χ3n) is 3.76. The highest BCUT2D eigenvalue weighted by atomic mass is 32.1. The number of nitrogen functional groups attached to an aromatic ring is 1. The Balaban J connectivity index is 1.65. The lowest BCUT2D eigenvalue weighted by molar-refractivity contribution is 0.0398. The van der Waals surface area contributed by atoms with Gasteiger partial charge in [-0.15, -0.1) is 11.3 Å². The molecule has 0 atom stereocenters. The Morgan fingerprint density at radius 1 is 1.50 bits per heavy atom. The average molecular weight is 351 g/mol. The van der Waals surface area contributed by atoms with Gasteiger partial charge in [-0.05, 0) is 6.92 Å². The van der Waals surface area contributed by atoms with Crippen LogP contribution >= 0.6 is 11.3 Å². The second-order valence-corrected chi connectivity index (χ2v) is 6.36. The van der Waals surface area contributed by atoms with Crippen molar-refractivity contribution in [3.05, 3.63) is 11.1 Å². The summed E-state index contributed by atoms with van der Waals surface area (Å²) in [7, 11) is 0. The molecule has 3 rings (SSSR count). The van der Waals surface area contributed by atoms with Crippen LogP contribution in [-0.2, 0) is 9.47 Å². The third-order valence-corrected chi connectivity index (χ3v) is 4.86. The maximum absolute atomic E-state index is 11.9. The Bertz CT molecular complexity index is 714. The second kappa shape index (κ2) is 7.73. The van der Waals surface area contributed by atoms with E-state index in [9.17, 15) is 4.79 Å². The molecule has 1 aliphatic rings. The monoisotopic (exact) mass is 351 g/mol. The van der Waals surface area contributed by atoms with Gasteiger partial charge in [0.2, 0.25) is 5.95 Å². The molecule has 3 N–H and O–H groups in total. The van der Waals surface area contributed by atoms with Gasteiger partial charge in [-0.2, -0.15) is 0 Å². The minimum Gasteiger partial charge on any atom is -0.462 e. The average Bonchev–Trinajstić information content (AvgIpc) is 2.93. The van der Waals surface area contributed by atoms with Gasteiger partial charge >= 0.3 is 5.97 Å². The summed E-state index contributed by atoms with van der Waals surface area (Å²) in [4.78, 5) is 24.0. The summed E-state index contributed by atoms with van der Waals surface area (Å²) in [5.74, 6) is 0.118. The number of morpholine rings is 1. The molecule has 0 unspecified atom stereocenters. The van der Waals surface area contributed by atoms with Gasteiger partial charge < -0.3 is 20.5 Å². The van der Waals surface area contributed by atoms with Crippen LogP contribution in [0.2, 0.25) is 0 Å². The van der Waals surface area contributed by atoms with E-state index in [4.69, 9.17) is 15.2 Å². The minimum atomic E-state index is -0.417. The first-order valence-electron chi connectivity index (χ1n) is 7.95. The lowest BCUT2D eigenvalue weighted by Gasteiger charge is -2.26. The van der Waals surface area contributed by atoms with Crippen LogP contribution in [0.3, 0.4) is 0 Å². The van der Waals surface area contributed by atoms with Gasteiger partial charge in [0.05, 0.1) is 30.9 Å². The molecule has 0 amide bonds. The molecule has 8 nitrogen and oxygen atoms in total. The summed E-state index contributed by atoms with van der Waals surface area (Å²) in [6.45, 7) is 7.20. The zero-order valence-corrected chi connectivity index (χ0v) is 14.4. The molecule has 1 fully saturated rings. The lowest BCUT2D eigenvalue weighted by Crippen LogP contribution is -2.39. The number of carbonyl (C=O) groups is 1. The Morgan fingerprint density at radius 2 is 2.29 bits per heavy atom. The van der Waals surface area contributed by atoms with Crippen LogP contribution in [0, 0.1) is 0 Å². The number of thiophene rings is 1. The largest absolute Gasteiger partial charge is 0.462 e. The molecule has 0 bridgehead atoms. The molecule has 3 heterocycles. The van der Waals surface area contributed by atoms with Crippen LogP contribution in [0.4, 0.5) is 11.6 Å². The number of esters is 1. The Morgan fingerprint density at radius 3 is 3.04 bits per heavy atom. The van der Waals surface area contributed by atoms with Gasteiger partial charge in [-0.1, -0.05) is 0 Å². The van der Waals surface area contributed by atoms with Crippen LogP contribution in [0.5, 0.6) is 0 Å². The smallest absolute Gasteiger partial charge is 0.350 e. The van der Waals surface area contributed by atoms with Crippen molar-refractivity contribution in [2.45, 2.75) is 6.92 Å². The zero-order chi connectivity index (χ0) is 16.9. The number of rotatable bonds is 6. The maximum Gasteiger partial charge on any atom is 0.350 e. The second-order valence-electron chi connectivity index (χ2n) is 5.36. The van der Waals surface area contributed by atoms with E-state index in [-0.39, 0.29) is 0 Å². The van der Waals surface area contributed by atoms with Crippen LogP contribution in [-0.4, -0.2) is 66.8 Å². The first kappa shape index (κ1) is 16.9. The summed E-state index contributed by atoms with van der Waals surface area (Å²) in [6.07, 6.45) is 1.65. The predicted molar refractivity (Wildman–Crippen MR) is 93.5 cm³/mol. The van der Waals surface area contributed by atoms with Crippen molar-refractivity contribution in [2.75, 3.05) is 57.1 Å². The number of fused-ring (bicyclic) bond motifs is 1. The van der Waals surface area contributed by atoms with E-state index in [1.165, 1.54) is 11.3 Å². The quantitative estimate of drug-likeness (QED) is 0.748. The number of nitrogens with one attached hydrogen (secondary N) is 1. The first-order valence-corrected chi connectivity index (χ1v) is 8.76. The number of anilines is 2. The summed E-state index contributed by atoms with van der Waals surface area (Å²) < 4.78 is 10.3. The molecule has 0 saturated carbocycles. The first-order chi connectivity index (χ1) is 11.7. The van der Waals surface area contributed by atoms with Crippen molar-refractivity contribution < 1.29 is 14.3 Å². The van der Waals surface area contributed by atoms with Crippen LogP contribution in [0.15, 0.2) is 6.20 Å². The van der Waals surface area contributed by atoms with E-state index in [0.717, 1.165) is 39.4 Å². The van der Waals surface area contributed by atoms with Crippen LogP contribution in [0.1, 0.15) is 16.6 Å². The SMILES string of the molecule is CCOC(=O)c1sc2nc(NCCN3CCOCC3)ncc2c1N.